The summed E-state index contributed by atoms with van der Waals surface area (Å²) in [6, 6.07) is 4.42. The molecule has 2 rings (SSSR count). The number of rotatable bonds is 6. The van der Waals surface area contributed by atoms with Crippen molar-refractivity contribution in [2.24, 2.45) is 5.73 Å². The van der Waals surface area contributed by atoms with Crippen molar-refractivity contribution in [2.45, 2.75) is 12.5 Å². The van der Waals surface area contributed by atoms with E-state index in [9.17, 15) is 4.79 Å². The van der Waals surface area contributed by atoms with Gasteiger partial charge in [0.05, 0.1) is 19.3 Å². The molecule has 3 N–H and O–H groups in total. The van der Waals surface area contributed by atoms with Gasteiger partial charge >= 0.3 is 0 Å². The van der Waals surface area contributed by atoms with Gasteiger partial charge < -0.3 is 15.8 Å². The van der Waals surface area contributed by atoms with Crippen LogP contribution in [0.3, 0.4) is 0 Å². The van der Waals surface area contributed by atoms with Gasteiger partial charge in [0.25, 0.3) is 0 Å². The highest BCUT2D eigenvalue weighted by molar-refractivity contribution is 7.10. The van der Waals surface area contributed by atoms with Crippen LogP contribution in [0.2, 0.25) is 0 Å². The van der Waals surface area contributed by atoms with Gasteiger partial charge in [0.1, 0.15) is 0 Å². The summed E-state index contributed by atoms with van der Waals surface area (Å²) in [5.74, 6) is 0.0253. The molecule has 21 heavy (non-hydrogen) atoms. The van der Waals surface area contributed by atoms with E-state index in [0.717, 1.165) is 26.3 Å². The minimum absolute atomic E-state index is 0. The zero-order valence-corrected chi connectivity index (χ0v) is 14.3. The van der Waals surface area contributed by atoms with Gasteiger partial charge in [-0.15, -0.1) is 36.2 Å². The lowest BCUT2D eigenvalue weighted by Gasteiger charge is -2.34. The molecule has 122 valence electrons. The number of halogens is 2. The second kappa shape index (κ2) is 11.2. The molecule has 0 bridgehead atoms. The molecule has 8 heteroatoms. The van der Waals surface area contributed by atoms with Crippen LogP contribution < -0.4 is 11.1 Å². The molecular formula is C13H23Cl2N3O2S. The maximum atomic E-state index is 11.6. The molecule has 1 unspecified atom stereocenters. The number of thiophene rings is 1. The minimum atomic E-state index is 0. The van der Waals surface area contributed by atoms with Gasteiger partial charge in [-0.25, -0.2) is 0 Å². The fourth-order valence-electron chi connectivity index (χ4n) is 2.21. The predicted molar refractivity (Wildman–Crippen MR) is 90.6 cm³/mol. The SMILES string of the molecule is Cl.Cl.NCCC(=O)NCC(c1cccs1)N1CCOCC1. The van der Waals surface area contributed by atoms with Crippen LogP contribution >= 0.6 is 36.2 Å². The fraction of sp³-hybridized carbons (Fsp3) is 0.615. The Kier molecular flexibility index (Phi) is 11.0. The third kappa shape index (κ3) is 6.50. The largest absolute Gasteiger partial charge is 0.379 e. The van der Waals surface area contributed by atoms with Crippen molar-refractivity contribution in [1.82, 2.24) is 10.2 Å². The first-order valence-corrected chi connectivity index (χ1v) is 7.51. The molecule has 1 aromatic heterocycles. The topological polar surface area (TPSA) is 67.6 Å². The lowest BCUT2D eigenvalue weighted by molar-refractivity contribution is -0.121. The van der Waals surface area contributed by atoms with Crippen LogP contribution in [0.15, 0.2) is 17.5 Å². The molecule has 0 aromatic carbocycles. The molecule has 1 atom stereocenters. The molecule has 2 heterocycles. The van der Waals surface area contributed by atoms with E-state index in [2.05, 4.69) is 27.7 Å². The van der Waals surface area contributed by atoms with Gasteiger partial charge in [0, 0.05) is 37.5 Å². The van der Waals surface area contributed by atoms with Crippen LogP contribution in [0.25, 0.3) is 0 Å². The van der Waals surface area contributed by atoms with E-state index in [1.54, 1.807) is 11.3 Å². The number of hydrogen-bond acceptors (Lipinski definition) is 5. The average molecular weight is 356 g/mol. The van der Waals surface area contributed by atoms with Crippen molar-refractivity contribution in [3.8, 4) is 0 Å². The van der Waals surface area contributed by atoms with Gasteiger partial charge in [-0.05, 0) is 11.4 Å². The Hall–Kier alpha value is -0.370. The molecule has 1 aliphatic heterocycles. The zero-order chi connectivity index (χ0) is 13.5. The highest BCUT2D eigenvalue weighted by Crippen LogP contribution is 2.25. The lowest BCUT2D eigenvalue weighted by Crippen LogP contribution is -2.43. The van der Waals surface area contributed by atoms with Gasteiger partial charge in [-0.2, -0.15) is 0 Å². The second-order valence-electron chi connectivity index (χ2n) is 4.52. The summed E-state index contributed by atoms with van der Waals surface area (Å²) in [4.78, 5) is 15.2. The van der Waals surface area contributed by atoms with E-state index in [0.29, 0.717) is 19.5 Å². The summed E-state index contributed by atoms with van der Waals surface area (Å²) >= 11 is 1.73. The molecule has 1 saturated heterocycles. The van der Waals surface area contributed by atoms with E-state index in [-0.39, 0.29) is 36.8 Å². The summed E-state index contributed by atoms with van der Waals surface area (Å²) in [5.41, 5.74) is 5.39. The average Bonchev–Trinajstić information content (AvgIpc) is 2.94. The second-order valence-corrected chi connectivity index (χ2v) is 5.50. The van der Waals surface area contributed by atoms with E-state index >= 15 is 0 Å². The van der Waals surface area contributed by atoms with Crippen LogP contribution in [-0.4, -0.2) is 50.2 Å². The third-order valence-electron chi connectivity index (χ3n) is 3.22. The van der Waals surface area contributed by atoms with Gasteiger partial charge in [-0.1, -0.05) is 6.07 Å². The summed E-state index contributed by atoms with van der Waals surface area (Å²) in [5, 5.41) is 5.05. The van der Waals surface area contributed by atoms with Gasteiger partial charge in [-0.3, -0.25) is 9.69 Å². The number of carbonyl (C=O) groups excluding carboxylic acids is 1. The number of nitrogens with two attached hydrogens (primary N) is 1. The van der Waals surface area contributed by atoms with Gasteiger partial charge in [0.2, 0.25) is 5.91 Å². The van der Waals surface area contributed by atoms with Crippen molar-refractivity contribution < 1.29 is 9.53 Å². The summed E-state index contributed by atoms with van der Waals surface area (Å²) < 4.78 is 5.39. The highest BCUT2D eigenvalue weighted by Gasteiger charge is 2.23. The molecular weight excluding hydrogens is 333 g/mol. The number of ether oxygens (including phenoxy) is 1. The molecule has 1 aromatic rings. The number of nitrogens with one attached hydrogen (secondary N) is 1. The van der Waals surface area contributed by atoms with Crippen molar-refractivity contribution in [3.05, 3.63) is 22.4 Å². The predicted octanol–water partition coefficient (Wildman–Crippen LogP) is 1.43. The monoisotopic (exact) mass is 355 g/mol. The number of nitrogens with zero attached hydrogens (tertiary/aromatic N) is 1. The van der Waals surface area contributed by atoms with Crippen LogP contribution in [0.1, 0.15) is 17.3 Å². The van der Waals surface area contributed by atoms with Crippen LogP contribution in [0.4, 0.5) is 0 Å². The Balaban J connectivity index is 0.00000200. The third-order valence-corrected chi connectivity index (χ3v) is 4.20. The fourth-order valence-corrected chi connectivity index (χ4v) is 3.07. The van der Waals surface area contributed by atoms with Crippen LogP contribution in [0.5, 0.6) is 0 Å². The Morgan fingerprint density at radius 1 is 1.43 bits per heavy atom. The number of morpholine rings is 1. The van der Waals surface area contributed by atoms with Crippen molar-refractivity contribution in [3.63, 3.8) is 0 Å². The standard InChI is InChI=1S/C13H21N3O2S.2ClH/c14-4-3-13(17)15-10-11(12-2-1-9-19-12)16-5-7-18-8-6-16;;/h1-2,9,11H,3-8,10,14H2,(H,15,17);2*1H. The maximum Gasteiger partial charge on any atom is 0.221 e. The van der Waals surface area contributed by atoms with E-state index in [4.69, 9.17) is 10.5 Å². The summed E-state index contributed by atoms with van der Waals surface area (Å²) in [6.45, 7) is 4.38. The van der Waals surface area contributed by atoms with Crippen LogP contribution in [-0.2, 0) is 9.53 Å². The van der Waals surface area contributed by atoms with Gasteiger partial charge in [0.15, 0.2) is 0 Å². The van der Waals surface area contributed by atoms with E-state index in [1.165, 1.54) is 4.88 Å². The Labute approximate surface area is 142 Å². The highest BCUT2D eigenvalue weighted by atomic mass is 35.5. The normalized spacial score (nSPS) is 16.4. The number of amides is 1. The molecule has 1 fully saturated rings. The van der Waals surface area contributed by atoms with Crippen LogP contribution in [0, 0.1) is 0 Å². The number of hydrogen-bond donors (Lipinski definition) is 2. The molecule has 1 aliphatic rings. The summed E-state index contributed by atoms with van der Waals surface area (Å²) in [6.07, 6.45) is 0.389. The molecule has 0 radical (unpaired) electrons. The summed E-state index contributed by atoms with van der Waals surface area (Å²) in [7, 11) is 0. The zero-order valence-electron chi connectivity index (χ0n) is 11.8. The molecule has 5 nitrogen and oxygen atoms in total. The smallest absolute Gasteiger partial charge is 0.221 e. The molecule has 0 saturated carbocycles. The minimum Gasteiger partial charge on any atom is -0.379 e. The Bertz CT molecular complexity index is 387. The molecule has 0 aliphatic carbocycles. The molecule has 1 amide bonds. The van der Waals surface area contributed by atoms with Crippen molar-refractivity contribution >= 4 is 42.1 Å². The molecule has 0 spiro atoms. The first kappa shape index (κ1) is 20.6. The Morgan fingerprint density at radius 3 is 2.71 bits per heavy atom. The maximum absolute atomic E-state index is 11.6. The van der Waals surface area contributed by atoms with Crippen molar-refractivity contribution in [2.75, 3.05) is 39.4 Å². The van der Waals surface area contributed by atoms with E-state index < -0.39 is 0 Å². The number of carbonyl (C=O) groups is 1. The first-order chi connectivity index (χ1) is 9.31. The lowest BCUT2D eigenvalue weighted by atomic mass is 10.2. The quantitative estimate of drug-likeness (QED) is 0.809. The van der Waals surface area contributed by atoms with Crippen molar-refractivity contribution in [1.29, 1.82) is 0 Å². The first-order valence-electron chi connectivity index (χ1n) is 6.63. The van der Waals surface area contributed by atoms with E-state index in [1.807, 2.05) is 0 Å². The Morgan fingerprint density at radius 2 is 2.14 bits per heavy atom.